The fourth-order valence-corrected chi connectivity index (χ4v) is 4.52. The van der Waals surface area contributed by atoms with Gasteiger partial charge in [0.2, 0.25) is 0 Å². The number of imidazole rings is 1. The van der Waals surface area contributed by atoms with Crippen LogP contribution in [0.15, 0.2) is 60.9 Å². The third-order valence-corrected chi connectivity index (χ3v) is 6.47. The summed E-state index contributed by atoms with van der Waals surface area (Å²) < 4.78 is 18.6. The van der Waals surface area contributed by atoms with Crippen LogP contribution >= 0.6 is 0 Å². The van der Waals surface area contributed by atoms with Crippen LogP contribution in [0.5, 0.6) is 11.5 Å². The number of benzene rings is 2. The summed E-state index contributed by atoms with van der Waals surface area (Å²) in [5, 5.41) is 3.47. The number of hydrogen-bond donors (Lipinski definition) is 1. The lowest BCUT2D eigenvalue weighted by atomic mass is 10.2. The zero-order valence-corrected chi connectivity index (χ0v) is 23.8. The SMILES string of the molecule is COc1ccc(Cn2c(C#CCOc3ccccc3)nc3c(NC4CCN(C(=O)OC(C)(C)C)C4)ncnc32)cc1. The van der Waals surface area contributed by atoms with E-state index in [1.807, 2.05) is 79.9 Å². The maximum atomic E-state index is 12.6. The largest absolute Gasteiger partial charge is 0.497 e. The van der Waals surface area contributed by atoms with Gasteiger partial charge in [-0.3, -0.25) is 4.57 Å². The summed E-state index contributed by atoms with van der Waals surface area (Å²) in [6.45, 7) is 7.44. The van der Waals surface area contributed by atoms with Crippen LogP contribution in [0.25, 0.3) is 11.2 Å². The first kappa shape index (κ1) is 27.8. The first-order valence-corrected chi connectivity index (χ1v) is 13.5. The molecule has 212 valence electrons. The lowest BCUT2D eigenvalue weighted by molar-refractivity contribution is 0.0293. The van der Waals surface area contributed by atoms with Gasteiger partial charge in [-0.1, -0.05) is 36.3 Å². The number of carbonyl (C=O) groups is 1. The topological polar surface area (TPSA) is 104 Å². The normalized spacial score (nSPS) is 14.8. The van der Waals surface area contributed by atoms with Crippen molar-refractivity contribution >= 4 is 23.1 Å². The Morgan fingerprint density at radius 1 is 1.07 bits per heavy atom. The van der Waals surface area contributed by atoms with E-state index in [4.69, 9.17) is 19.2 Å². The minimum absolute atomic E-state index is 0.00108. The van der Waals surface area contributed by atoms with Crippen LogP contribution in [0.4, 0.5) is 10.6 Å². The second-order valence-corrected chi connectivity index (χ2v) is 10.7. The highest BCUT2D eigenvalue weighted by molar-refractivity contribution is 5.84. The molecule has 10 heteroatoms. The fraction of sp³-hybridized carbons (Fsp3) is 0.355. The Morgan fingerprint density at radius 3 is 2.59 bits per heavy atom. The van der Waals surface area contributed by atoms with Gasteiger partial charge in [-0.25, -0.2) is 19.7 Å². The van der Waals surface area contributed by atoms with Gasteiger partial charge in [0.05, 0.1) is 13.7 Å². The second kappa shape index (κ2) is 12.2. The number of hydrogen-bond acceptors (Lipinski definition) is 8. The number of fused-ring (bicyclic) bond motifs is 1. The summed E-state index contributed by atoms with van der Waals surface area (Å²) in [5.41, 5.74) is 1.78. The molecule has 0 aliphatic carbocycles. The standard InChI is InChI=1S/C31H34N6O4/c1-31(2,3)41-30(38)36-17-16-23(20-36)34-28-27-29(33-21-32-28)37(19-22-12-14-24(39-4)15-13-22)26(35-27)11-8-18-40-25-9-6-5-7-10-25/h5-7,9-10,12-15,21,23H,16-20H2,1-4H3,(H,32,33,34). The highest BCUT2D eigenvalue weighted by Crippen LogP contribution is 2.25. The van der Waals surface area contributed by atoms with Crippen LogP contribution < -0.4 is 14.8 Å². The molecule has 0 radical (unpaired) electrons. The average Bonchev–Trinajstić information content (AvgIpc) is 3.57. The third-order valence-electron chi connectivity index (χ3n) is 6.47. The van der Waals surface area contributed by atoms with E-state index in [0.29, 0.717) is 42.4 Å². The van der Waals surface area contributed by atoms with Crippen molar-refractivity contribution in [1.82, 2.24) is 24.4 Å². The van der Waals surface area contributed by atoms with Crippen molar-refractivity contribution in [3.63, 3.8) is 0 Å². The summed E-state index contributed by atoms with van der Waals surface area (Å²) >= 11 is 0. The Morgan fingerprint density at radius 2 is 1.85 bits per heavy atom. The molecule has 3 heterocycles. The highest BCUT2D eigenvalue weighted by Gasteiger charge is 2.30. The van der Waals surface area contributed by atoms with Crippen LogP contribution in [-0.2, 0) is 11.3 Å². The maximum Gasteiger partial charge on any atom is 0.410 e. The Kier molecular flexibility index (Phi) is 8.24. The third kappa shape index (κ3) is 7.06. The van der Waals surface area contributed by atoms with Crippen molar-refractivity contribution in [3.05, 3.63) is 72.3 Å². The first-order chi connectivity index (χ1) is 19.8. The number of likely N-dealkylation sites (tertiary alicyclic amines) is 1. The molecule has 0 spiro atoms. The van der Waals surface area contributed by atoms with E-state index in [1.165, 1.54) is 6.33 Å². The maximum absolute atomic E-state index is 12.6. The Bertz CT molecular complexity index is 1550. The molecule has 10 nitrogen and oxygen atoms in total. The predicted octanol–water partition coefficient (Wildman–Crippen LogP) is 4.74. The van der Waals surface area contributed by atoms with Gasteiger partial charge in [-0.2, -0.15) is 0 Å². The summed E-state index contributed by atoms with van der Waals surface area (Å²) in [4.78, 5) is 28.2. The minimum Gasteiger partial charge on any atom is -0.497 e. The van der Waals surface area contributed by atoms with Gasteiger partial charge < -0.3 is 24.4 Å². The molecule has 0 saturated carbocycles. The van der Waals surface area contributed by atoms with Gasteiger partial charge in [0.1, 0.15) is 30.0 Å². The van der Waals surface area contributed by atoms with Crippen LogP contribution in [-0.4, -0.2) is 69.0 Å². The number of nitrogens with zero attached hydrogens (tertiary/aromatic N) is 5. The number of para-hydroxylation sites is 1. The number of methoxy groups -OCH3 is 1. The number of ether oxygens (including phenoxy) is 3. The smallest absolute Gasteiger partial charge is 0.410 e. The summed E-state index contributed by atoms with van der Waals surface area (Å²) in [5.74, 6) is 8.94. The van der Waals surface area contributed by atoms with Crippen molar-refractivity contribution in [2.45, 2.75) is 45.4 Å². The lowest BCUT2D eigenvalue weighted by Gasteiger charge is -2.24. The van der Waals surface area contributed by atoms with Crippen molar-refractivity contribution in [2.75, 3.05) is 32.1 Å². The van der Waals surface area contributed by atoms with Gasteiger partial charge >= 0.3 is 6.09 Å². The molecular formula is C31H34N6O4. The van der Waals surface area contributed by atoms with E-state index in [0.717, 1.165) is 23.5 Å². The van der Waals surface area contributed by atoms with Crippen molar-refractivity contribution in [1.29, 1.82) is 0 Å². The Hall–Kier alpha value is -4.78. The van der Waals surface area contributed by atoms with Gasteiger partial charge in [0.25, 0.3) is 0 Å². The van der Waals surface area contributed by atoms with Gasteiger partial charge in [-0.05, 0) is 62.9 Å². The van der Waals surface area contributed by atoms with E-state index in [2.05, 4.69) is 27.1 Å². The molecule has 1 amide bonds. The monoisotopic (exact) mass is 554 g/mol. The second-order valence-electron chi connectivity index (χ2n) is 10.7. The quantitative estimate of drug-likeness (QED) is 0.327. The fourth-order valence-electron chi connectivity index (χ4n) is 4.52. The van der Waals surface area contributed by atoms with Gasteiger partial charge in [0, 0.05) is 19.1 Å². The van der Waals surface area contributed by atoms with E-state index >= 15 is 0 Å². The van der Waals surface area contributed by atoms with E-state index < -0.39 is 5.60 Å². The minimum atomic E-state index is -0.540. The van der Waals surface area contributed by atoms with Crippen LogP contribution in [0.1, 0.15) is 38.6 Å². The average molecular weight is 555 g/mol. The van der Waals surface area contributed by atoms with E-state index in [1.54, 1.807) is 12.0 Å². The number of carbonyl (C=O) groups excluding carboxylic acids is 1. The zero-order chi connectivity index (χ0) is 28.8. The molecule has 41 heavy (non-hydrogen) atoms. The van der Waals surface area contributed by atoms with Crippen molar-refractivity contribution in [2.24, 2.45) is 0 Å². The number of aromatic nitrogens is 4. The molecule has 1 atom stereocenters. The molecule has 1 N–H and O–H groups in total. The molecule has 4 aromatic rings. The van der Waals surface area contributed by atoms with Gasteiger partial charge in [-0.15, -0.1) is 0 Å². The molecular weight excluding hydrogens is 520 g/mol. The molecule has 1 fully saturated rings. The molecule has 2 aromatic carbocycles. The molecule has 0 bridgehead atoms. The Balaban J connectivity index is 1.39. The zero-order valence-electron chi connectivity index (χ0n) is 23.8. The highest BCUT2D eigenvalue weighted by atomic mass is 16.6. The molecule has 1 aliphatic rings. The summed E-state index contributed by atoms with van der Waals surface area (Å²) in [7, 11) is 1.64. The van der Waals surface area contributed by atoms with Crippen molar-refractivity contribution in [3.8, 4) is 23.3 Å². The van der Waals surface area contributed by atoms with Gasteiger partial charge in [0.15, 0.2) is 22.8 Å². The first-order valence-electron chi connectivity index (χ1n) is 13.5. The molecule has 1 saturated heterocycles. The molecule has 1 aliphatic heterocycles. The number of anilines is 1. The molecule has 5 rings (SSSR count). The number of nitrogens with one attached hydrogen (secondary N) is 1. The van der Waals surface area contributed by atoms with E-state index in [-0.39, 0.29) is 18.7 Å². The van der Waals surface area contributed by atoms with Crippen LogP contribution in [0, 0.1) is 11.8 Å². The van der Waals surface area contributed by atoms with E-state index in [9.17, 15) is 4.79 Å². The summed E-state index contributed by atoms with van der Waals surface area (Å²) in [6, 6.07) is 17.4. The summed E-state index contributed by atoms with van der Waals surface area (Å²) in [6.07, 6.45) is 1.97. The number of amides is 1. The lowest BCUT2D eigenvalue weighted by Crippen LogP contribution is -2.36. The molecule has 2 aromatic heterocycles. The predicted molar refractivity (Wildman–Crippen MR) is 156 cm³/mol. The Labute approximate surface area is 239 Å². The molecule has 1 unspecified atom stereocenters. The number of rotatable bonds is 7. The van der Waals surface area contributed by atoms with Crippen molar-refractivity contribution < 1.29 is 19.0 Å². The van der Waals surface area contributed by atoms with Crippen LogP contribution in [0.3, 0.4) is 0 Å². The van der Waals surface area contributed by atoms with Crippen LogP contribution in [0.2, 0.25) is 0 Å².